The molecular formula is C18H25NO6S. The van der Waals surface area contributed by atoms with Crippen LogP contribution in [0.2, 0.25) is 0 Å². The lowest BCUT2D eigenvalue weighted by molar-refractivity contribution is -0.158. The summed E-state index contributed by atoms with van der Waals surface area (Å²) >= 11 is 0. The first-order valence-corrected chi connectivity index (χ1v) is 10.0. The Labute approximate surface area is 154 Å². The summed E-state index contributed by atoms with van der Waals surface area (Å²) in [7, 11) is -3.79. The van der Waals surface area contributed by atoms with E-state index in [0.717, 1.165) is 19.3 Å². The first kappa shape index (κ1) is 20.4. The number of esters is 2. The maximum atomic E-state index is 12.9. The number of piperidine rings is 1. The minimum atomic E-state index is -3.79. The molecule has 0 aromatic heterocycles. The molecule has 144 valence electrons. The number of hydrogen-bond acceptors (Lipinski definition) is 6. The number of ether oxygens (including phenoxy) is 2. The minimum absolute atomic E-state index is 0.0818. The van der Waals surface area contributed by atoms with Crippen molar-refractivity contribution < 1.29 is 27.5 Å². The van der Waals surface area contributed by atoms with Crippen LogP contribution in [-0.2, 0) is 24.3 Å². The van der Waals surface area contributed by atoms with E-state index in [-0.39, 0.29) is 10.5 Å². The van der Waals surface area contributed by atoms with Gasteiger partial charge in [-0.1, -0.05) is 18.6 Å². The zero-order valence-electron chi connectivity index (χ0n) is 15.4. The predicted octanol–water partition coefficient (Wildman–Crippen LogP) is 2.36. The van der Waals surface area contributed by atoms with Gasteiger partial charge in [0.25, 0.3) is 0 Å². The van der Waals surface area contributed by atoms with Gasteiger partial charge in [-0.25, -0.2) is 18.0 Å². The topological polar surface area (TPSA) is 90.0 Å². The lowest BCUT2D eigenvalue weighted by atomic mass is 10.2. The van der Waals surface area contributed by atoms with Gasteiger partial charge < -0.3 is 9.47 Å². The third-order valence-electron chi connectivity index (χ3n) is 3.78. The van der Waals surface area contributed by atoms with E-state index < -0.39 is 34.2 Å². The van der Waals surface area contributed by atoms with Crippen LogP contribution in [0.25, 0.3) is 0 Å². The molecule has 1 heterocycles. The van der Waals surface area contributed by atoms with Crippen LogP contribution < -0.4 is 0 Å². The Hall–Kier alpha value is -1.93. The van der Waals surface area contributed by atoms with Crippen LogP contribution in [0.3, 0.4) is 0 Å². The molecule has 0 atom stereocenters. The van der Waals surface area contributed by atoms with E-state index in [2.05, 4.69) is 0 Å². The van der Waals surface area contributed by atoms with Gasteiger partial charge >= 0.3 is 11.9 Å². The molecule has 0 amide bonds. The van der Waals surface area contributed by atoms with Gasteiger partial charge in [0, 0.05) is 13.1 Å². The number of sulfonamides is 1. The Morgan fingerprint density at radius 2 is 1.69 bits per heavy atom. The molecule has 0 N–H and O–H groups in total. The van der Waals surface area contributed by atoms with Crippen molar-refractivity contribution in [3.8, 4) is 0 Å². The summed E-state index contributed by atoms with van der Waals surface area (Å²) < 4.78 is 37.2. The first-order valence-electron chi connectivity index (χ1n) is 8.59. The molecule has 1 aliphatic rings. The van der Waals surface area contributed by atoms with E-state index in [0.29, 0.717) is 13.1 Å². The Morgan fingerprint density at radius 3 is 2.31 bits per heavy atom. The zero-order chi connectivity index (χ0) is 19.4. The predicted molar refractivity (Wildman–Crippen MR) is 95.2 cm³/mol. The molecule has 1 aliphatic heterocycles. The summed E-state index contributed by atoms with van der Waals surface area (Å²) in [6.45, 7) is 5.40. The highest BCUT2D eigenvalue weighted by Crippen LogP contribution is 2.24. The van der Waals surface area contributed by atoms with E-state index in [9.17, 15) is 18.0 Å². The van der Waals surface area contributed by atoms with Gasteiger partial charge in [-0.05, 0) is 45.7 Å². The molecule has 0 saturated carbocycles. The second-order valence-electron chi connectivity index (χ2n) is 7.12. The minimum Gasteiger partial charge on any atom is -0.457 e. The molecule has 0 spiro atoms. The molecular weight excluding hydrogens is 358 g/mol. The van der Waals surface area contributed by atoms with Crippen molar-refractivity contribution in [3.63, 3.8) is 0 Å². The van der Waals surface area contributed by atoms with Gasteiger partial charge in [-0.15, -0.1) is 0 Å². The second kappa shape index (κ2) is 8.18. The third-order valence-corrected chi connectivity index (χ3v) is 5.74. The lowest BCUT2D eigenvalue weighted by Crippen LogP contribution is -2.36. The lowest BCUT2D eigenvalue weighted by Gasteiger charge is -2.26. The van der Waals surface area contributed by atoms with Crippen LogP contribution in [0.4, 0.5) is 0 Å². The van der Waals surface area contributed by atoms with Crippen LogP contribution in [0, 0.1) is 0 Å². The summed E-state index contributed by atoms with van der Waals surface area (Å²) in [4.78, 5) is 23.9. The maximum Gasteiger partial charge on any atom is 0.344 e. The van der Waals surface area contributed by atoms with E-state index in [1.807, 2.05) is 0 Å². The summed E-state index contributed by atoms with van der Waals surface area (Å²) in [5, 5.41) is 0. The number of hydrogen-bond donors (Lipinski definition) is 0. The zero-order valence-corrected chi connectivity index (χ0v) is 16.2. The molecule has 8 heteroatoms. The largest absolute Gasteiger partial charge is 0.457 e. The molecule has 1 fully saturated rings. The highest BCUT2D eigenvalue weighted by molar-refractivity contribution is 7.89. The Bertz CT molecular complexity index is 760. The van der Waals surface area contributed by atoms with Gasteiger partial charge in [0.1, 0.15) is 5.60 Å². The van der Waals surface area contributed by atoms with Crippen LogP contribution >= 0.6 is 0 Å². The Morgan fingerprint density at radius 1 is 1.08 bits per heavy atom. The summed E-state index contributed by atoms with van der Waals surface area (Å²) in [6, 6.07) is 5.88. The molecule has 0 aliphatic carbocycles. The molecule has 0 bridgehead atoms. The third kappa shape index (κ3) is 5.28. The average Bonchev–Trinajstić information content (AvgIpc) is 2.59. The van der Waals surface area contributed by atoms with Crippen molar-refractivity contribution in [2.24, 2.45) is 0 Å². The van der Waals surface area contributed by atoms with Gasteiger partial charge in [0.05, 0.1) is 10.5 Å². The maximum absolute atomic E-state index is 12.9. The fraction of sp³-hybridized carbons (Fsp3) is 0.556. The first-order chi connectivity index (χ1) is 12.1. The summed E-state index contributed by atoms with van der Waals surface area (Å²) in [6.07, 6.45) is 2.58. The highest BCUT2D eigenvalue weighted by atomic mass is 32.2. The van der Waals surface area contributed by atoms with E-state index >= 15 is 0 Å². The van der Waals surface area contributed by atoms with Crippen LogP contribution in [-0.4, -0.2) is 50.0 Å². The van der Waals surface area contributed by atoms with Crippen LogP contribution in [0.5, 0.6) is 0 Å². The summed E-state index contributed by atoms with van der Waals surface area (Å²) in [5.74, 6) is -1.56. The number of rotatable bonds is 5. The van der Waals surface area contributed by atoms with Crippen molar-refractivity contribution in [1.82, 2.24) is 4.31 Å². The second-order valence-corrected chi connectivity index (χ2v) is 9.03. The smallest absolute Gasteiger partial charge is 0.344 e. The Kier molecular flexibility index (Phi) is 6.41. The van der Waals surface area contributed by atoms with E-state index in [1.54, 1.807) is 32.9 Å². The van der Waals surface area contributed by atoms with E-state index in [4.69, 9.17) is 9.47 Å². The number of benzene rings is 1. The number of carbonyl (C=O) groups is 2. The summed E-state index contributed by atoms with van der Waals surface area (Å²) in [5.41, 5.74) is -0.777. The van der Waals surface area contributed by atoms with Gasteiger partial charge in [-0.2, -0.15) is 4.31 Å². The molecule has 0 unspecified atom stereocenters. The fourth-order valence-corrected chi connectivity index (χ4v) is 4.37. The standard InChI is InChI=1S/C18H25NO6S/c1-18(2,3)25-16(20)13-24-17(21)14-9-5-6-10-15(14)26(22,23)19-11-7-4-8-12-19/h5-6,9-10H,4,7-8,11-13H2,1-3H3. The van der Waals surface area contributed by atoms with Crippen molar-refractivity contribution in [2.75, 3.05) is 19.7 Å². The molecule has 26 heavy (non-hydrogen) atoms. The quantitative estimate of drug-likeness (QED) is 0.725. The number of carbonyl (C=O) groups excluding carboxylic acids is 2. The van der Waals surface area contributed by atoms with Crippen molar-refractivity contribution in [1.29, 1.82) is 0 Å². The van der Waals surface area contributed by atoms with Crippen molar-refractivity contribution in [2.45, 2.75) is 50.5 Å². The highest BCUT2D eigenvalue weighted by Gasteiger charge is 2.30. The molecule has 0 radical (unpaired) electrons. The fourth-order valence-electron chi connectivity index (χ4n) is 2.68. The van der Waals surface area contributed by atoms with Gasteiger partial charge in [0.2, 0.25) is 10.0 Å². The van der Waals surface area contributed by atoms with Crippen molar-refractivity contribution in [3.05, 3.63) is 29.8 Å². The average molecular weight is 383 g/mol. The van der Waals surface area contributed by atoms with E-state index in [1.165, 1.54) is 16.4 Å². The molecule has 1 aromatic rings. The molecule has 1 saturated heterocycles. The molecule has 7 nitrogen and oxygen atoms in total. The molecule has 1 aromatic carbocycles. The SMILES string of the molecule is CC(C)(C)OC(=O)COC(=O)c1ccccc1S(=O)(=O)N1CCCCC1. The van der Waals surface area contributed by atoms with Crippen LogP contribution in [0.1, 0.15) is 50.4 Å². The number of nitrogens with zero attached hydrogens (tertiary/aromatic N) is 1. The monoisotopic (exact) mass is 383 g/mol. The van der Waals surface area contributed by atoms with Crippen LogP contribution in [0.15, 0.2) is 29.2 Å². The Balaban J connectivity index is 2.15. The normalized spacial score (nSPS) is 16.1. The molecule has 2 rings (SSSR count). The van der Waals surface area contributed by atoms with Gasteiger partial charge in [-0.3, -0.25) is 0 Å². The van der Waals surface area contributed by atoms with Gasteiger partial charge in [0.15, 0.2) is 6.61 Å². The van der Waals surface area contributed by atoms with Crippen molar-refractivity contribution >= 4 is 22.0 Å².